The molecule has 0 aromatic carbocycles. The van der Waals surface area contributed by atoms with Gasteiger partial charge in [-0.15, -0.1) is 0 Å². The van der Waals surface area contributed by atoms with E-state index in [1.807, 2.05) is 28.7 Å². The first-order valence-electron chi connectivity index (χ1n) is 8.84. The number of carbonyl (C=O) groups is 1. The zero-order chi connectivity index (χ0) is 19.0. The second kappa shape index (κ2) is 6.82. The number of aryl methyl sites for hydroxylation is 3. The van der Waals surface area contributed by atoms with E-state index in [4.69, 9.17) is 4.52 Å². The molecule has 4 rings (SSSR count). The highest BCUT2D eigenvalue weighted by molar-refractivity contribution is 5.96. The predicted octanol–water partition coefficient (Wildman–Crippen LogP) is 1.54. The zero-order valence-corrected chi connectivity index (χ0v) is 15.6. The number of amides is 1. The largest absolute Gasteiger partial charge is 0.361 e. The average molecular weight is 367 g/mol. The summed E-state index contributed by atoms with van der Waals surface area (Å²) < 4.78 is 6.98. The van der Waals surface area contributed by atoms with Crippen LogP contribution in [0.2, 0.25) is 0 Å². The summed E-state index contributed by atoms with van der Waals surface area (Å²) in [5, 5.41) is 3.88. The first kappa shape index (κ1) is 17.2. The number of hydrogen-bond donors (Lipinski definition) is 0. The summed E-state index contributed by atoms with van der Waals surface area (Å²) in [6.07, 6.45) is 5.29. The summed E-state index contributed by atoms with van der Waals surface area (Å²) in [6, 6.07) is 1.94. The van der Waals surface area contributed by atoms with Gasteiger partial charge in [0.2, 0.25) is 0 Å². The third-order valence-electron chi connectivity index (χ3n) is 4.72. The molecule has 9 heteroatoms. The molecule has 3 aromatic rings. The van der Waals surface area contributed by atoms with Crippen LogP contribution in [0.25, 0.3) is 5.82 Å². The molecule has 1 aliphatic rings. The lowest BCUT2D eigenvalue weighted by Crippen LogP contribution is -2.49. The van der Waals surface area contributed by atoms with Gasteiger partial charge in [0, 0.05) is 44.6 Å². The van der Waals surface area contributed by atoms with E-state index in [0.717, 1.165) is 11.6 Å². The van der Waals surface area contributed by atoms with E-state index < -0.39 is 0 Å². The van der Waals surface area contributed by atoms with Crippen LogP contribution in [0.1, 0.15) is 27.6 Å². The molecule has 3 aromatic heterocycles. The van der Waals surface area contributed by atoms with E-state index in [1.165, 1.54) is 0 Å². The van der Waals surface area contributed by atoms with Crippen LogP contribution >= 0.6 is 0 Å². The highest BCUT2D eigenvalue weighted by Crippen LogP contribution is 2.20. The Morgan fingerprint density at radius 1 is 1.07 bits per heavy atom. The second-order valence-corrected chi connectivity index (χ2v) is 6.58. The minimum atomic E-state index is -0.0242. The fourth-order valence-corrected chi connectivity index (χ4v) is 3.31. The minimum Gasteiger partial charge on any atom is -0.361 e. The van der Waals surface area contributed by atoms with E-state index in [1.54, 1.807) is 26.4 Å². The maximum absolute atomic E-state index is 12.8. The lowest BCUT2D eigenvalue weighted by atomic mass is 10.1. The SMILES string of the molecule is Cc1nc(N2CCN(C(=O)c3c(C)noc3C)CC2)cc(-n2ccnc2)n1. The Kier molecular flexibility index (Phi) is 4.35. The summed E-state index contributed by atoms with van der Waals surface area (Å²) in [4.78, 5) is 29.9. The van der Waals surface area contributed by atoms with Gasteiger partial charge in [0.1, 0.15) is 35.1 Å². The highest BCUT2D eigenvalue weighted by atomic mass is 16.5. The molecule has 0 spiro atoms. The third-order valence-corrected chi connectivity index (χ3v) is 4.72. The topological polar surface area (TPSA) is 93.2 Å². The lowest BCUT2D eigenvalue weighted by molar-refractivity contribution is 0.0744. The number of piperazine rings is 1. The van der Waals surface area contributed by atoms with Crippen molar-refractivity contribution in [3.63, 3.8) is 0 Å². The van der Waals surface area contributed by atoms with Gasteiger partial charge >= 0.3 is 0 Å². The number of imidazole rings is 1. The number of carbonyl (C=O) groups excluding carboxylic acids is 1. The fourth-order valence-electron chi connectivity index (χ4n) is 3.31. The van der Waals surface area contributed by atoms with Crippen molar-refractivity contribution in [2.24, 2.45) is 0 Å². The molecule has 27 heavy (non-hydrogen) atoms. The van der Waals surface area contributed by atoms with Gasteiger partial charge in [-0.25, -0.2) is 15.0 Å². The van der Waals surface area contributed by atoms with Crippen molar-refractivity contribution in [2.75, 3.05) is 31.1 Å². The quantitative estimate of drug-likeness (QED) is 0.693. The fraction of sp³-hybridized carbons (Fsp3) is 0.389. The van der Waals surface area contributed by atoms with E-state index in [0.29, 0.717) is 49.0 Å². The molecule has 1 saturated heterocycles. The van der Waals surface area contributed by atoms with E-state index >= 15 is 0 Å². The van der Waals surface area contributed by atoms with Gasteiger partial charge in [-0.1, -0.05) is 5.16 Å². The van der Waals surface area contributed by atoms with Gasteiger partial charge < -0.3 is 14.3 Å². The van der Waals surface area contributed by atoms with Crippen molar-refractivity contribution >= 4 is 11.7 Å². The van der Waals surface area contributed by atoms with Gasteiger partial charge in [-0.05, 0) is 20.8 Å². The van der Waals surface area contributed by atoms with Crippen LogP contribution in [0.15, 0.2) is 29.3 Å². The summed E-state index contributed by atoms with van der Waals surface area (Å²) >= 11 is 0. The Bertz CT molecular complexity index is 937. The summed E-state index contributed by atoms with van der Waals surface area (Å²) in [5.41, 5.74) is 1.21. The molecule has 1 fully saturated rings. The molecule has 1 aliphatic heterocycles. The Morgan fingerprint density at radius 2 is 1.81 bits per heavy atom. The van der Waals surface area contributed by atoms with Gasteiger partial charge in [0.25, 0.3) is 5.91 Å². The number of nitrogens with zero attached hydrogens (tertiary/aromatic N) is 7. The molecule has 0 unspecified atom stereocenters. The summed E-state index contributed by atoms with van der Waals surface area (Å²) in [5.74, 6) is 2.88. The first-order chi connectivity index (χ1) is 13.0. The van der Waals surface area contributed by atoms with Crippen LogP contribution in [0.3, 0.4) is 0 Å². The average Bonchev–Trinajstić information content (AvgIpc) is 3.31. The van der Waals surface area contributed by atoms with Gasteiger partial charge in [0.05, 0.1) is 5.69 Å². The predicted molar refractivity (Wildman–Crippen MR) is 98.0 cm³/mol. The van der Waals surface area contributed by atoms with E-state index in [9.17, 15) is 4.79 Å². The minimum absolute atomic E-state index is 0.0242. The molecule has 0 atom stereocenters. The van der Waals surface area contributed by atoms with Crippen LogP contribution in [0.4, 0.5) is 5.82 Å². The summed E-state index contributed by atoms with van der Waals surface area (Å²) in [7, 11) is 0. The van der Waals surface area contributed by atoms with Crippen molar-refractivity contribution < 1.29 is 9.32 Å². The van der Waals surface area contributed by atoms with Crippen molar-refractivity contribution in [3.8, 4) is 5.82 Å². The molecular weight excluding hydrogens is 346 g/mol. The van der Waals surface area contributed by atoms with Crippen LogP contribution < -0.4 is 4.90 Å². The second-order valence-electron chi connectivity index (χ2n) is 6.58. The Labute approximate surface area is 156 Å². The maximum Gasteiger partial charge on any atom is 0.259 e. The molecule has 0 bridgehead atoms. The van der Waals surface area contributed by atoms with Gasteiger partial charge in [-0.3, -0.25) is 9.36 Å². The zero-order valence-electron chi connectivity index (χ0n) is 15.6. The lowest BCUT2D eigenvalue weighted by Gasteiger charge is -2.35. The highest BCUT2D eigenvalue weighted by Gasteiger charge is 2.27. The van der Waals surface area contributed by atoms with Crippen LogP contribution in [-0.4, -0.2) is 61.7 Å². The Morgan fingerprint density at radius 3 is 2.44 bits per heavy atom. The number of anilines is 1. The van der Waals surface area contributed by atoms with Crippen LogP contribution in [-0.2, 0) is 0 Å². The van der Waals surface area contributed by atoms with E-state index in [2.05, 4.69) is 25.0 Å². The molecular formula is C18H21N7O2. The monoisotopic (exact) mass is 367 g/mol. The molecule has 0 radical (unpaired) electrons. The van der Waals surface area contributed by atoms with Crippen molar-refractivity contribution in [1.82, 2.24) is 29.6 Å². The molecule has 0 saturated carbocycles. The van der Waals surface area contributed by atoms with Crippen molar-refractivity contribution in [1.29, 1.82) is 0 Å². The van der Waals surface area contributed by atoms with Crippen molar-refractivity contribution in [3.05, 3.63) is 47.6 Å². The molecule has 0 aliphatic carbocycles. The third kappa shape index (κ3) is 3.27. The number of aromatic nitrogens is 5. The summed E-state index contributed by atoms with van der Waals surface area (Å²) in [6.45, 7) is 8.08. The molecule has 140 valence electrons. The molecule has 4 heterocycles. The first-order valence-corrected chi connectivity index (χ1v) is 8.84. The van der Waals surface area contributed by atoms with Gasteiger partial charge in [-0.2, -0.15) is 0 Å². The molecule has 0 N–H and O–H groups in total. The van der Waals surface area contributed by atoms with Gasteiger partial charge in [0.15, 0.2) is 0 Å². The normalized spacial score (nSPS) is 14.6. The van der Waals surface area contributed by atoms with Crippen LogP contribution in [0, 0.1) is 20.8 Å². The Hall–Kier alpha value is -3.23. The van der Waals surface area contributed by atoms with Crippen molar-refractivity contribution in [2.45, 2.75) is 20.8 Å². The molecule has 1 amide bonds. The standard InChI is InChI=1S/C18H21N7O2/c1-12-17(13(2)27-22-12)18(26)24-8-6-23(7-9-24)15-10-16(21-14(3)20-15)25-5-4-19-11-25/h4-5,10-11H,6-9H2,1-3H3. The van der Waals surface area contributed by atoms with Crippen LogP contribution in [0.5, 0.6) is 0 Å². The maximum atomic E-state index is 12.8. The Balaban J connectivity index is 1.49. The number of rotatable bonds is 3. The smallest absolute Gasteiger partial charge is 0.259 e. The molecule has 9 nitrogen and oxygen atoms in total. The van der Waals surface area contributed by atoms with E-state index in [-0.39, 0.29) is 5.91 Å². The number of hydrogen-bond acceptors (Lipinski definition) is 7.